The van der Waals surface area contributed by atoms with Gasteiger partial charge in [-0.25, -0.2) is 9.37 Å². The Morgan fingerprint density at radius 2 is 2.00 bits per heavy atom. The third-order valence-corrected chi connectivity index (χ3v) is 6.30. The number of anilines is 1. The first kappa shape index (κ1) is 23.2. The van der Waals surface area contributed by atoms with E-state index in [4.69, 9.17) is 11.6 Å². The summed E-state index contributed by atoms with van der Waals surface area (Å²) in [5.74, 6) is -2.17. The van der Waals surface area contributed by atoms with Crippen LogP contribution in [0, 0.1) is 5.82 Å². The molecule has 4 rings (SSSR count). The van der Waals surface area contributed by atoms with Crippen LogP contribution in [0.4, 0.5) is 23.2 Å². The zero-order valence-corrected chi connectivity index (χ0v) is 18.5. The van der Waals surface area contributed by atoms with Crippen LogP contribution in [-0.2, 0) is 30.4 Å². The van der Waals surface area contributed by atoms with Crippen LogP contribution < -0.4 is 5.32 Å². The van der Waals surface area contributed by atoms with E-state index >= 15 is 0 Å². The predicted octanol–water partition coefficient (Wildman–Crippen LogP) is 5.33. The summed E-state index contributed by atoms with van der Waals surface area (Å²) in [7, 11) is 0. The van der Waals surface area contributed by atoms with Crippen LogP contribution in [0.25, 0.3) is 0 Å². The molecule has 1 N–H and O–H groups in total. The minimum atomic E-state index is -4.81. The minimum absolute atomic E-state index is 0.0964. The van der Waals surface area contributed by atoms with Crippen molar-refractivity contribution in [3.8, 4) is 0 Å². The zero-order valence-electron chi connectivity index (χ0n) is 16.9. The number of aromatic nitrogens is 1. The second-order valence-corrected chi connectivity index (χ2v) is 8.71. The quantitative estimate of drug-likeness (QED) is 0.495. The maximum atomic E-state index is 13.8. The molecule has 0 unspecified atom stereocenters. The topological polar surface area (TPSA) is 62.3 Å². The molecule has 0 aliphatic carbocycles. The monoisotopic (exact) mass is 497 g/mol. The number of benzene rings is 2. The van der Waals surface area contributed by atoms with Gasteiger partial charge in [0.05, 0.1) is 22.7 Å². The highest BCUT2D eigenvalue weighted by molar-refractivity contribution is 7.11. The molecule has 0 saturated heterocycles. The van der Waals surface area contributed by atoms with Crippen molar-refractivity contribution in [2.75, 3.05) is 11.9 Å². The van der Waals surface area contributed by atoms with Crippen molar-refractivity contribution in [1.82, 2.24) is 9.88 Å². The number of nitrogens with zero attached hydrogens (tertiary/aromatic N) is 2. The standard InChI is InChI=1S/C22H16ClF4N3O2S/c23-16-4-2-13-11-30(21(32)20-28-6-8-33-20)7-5-14(13)19(16)29-18(31)10-12-1-3-15(17(24)9-12)22(25,26)27/h1-4,6,8-9H,5,7,10-11H2,(H,29,31). The molecule has 0 saturated carbocycles. The van der Waals surface area contributed by atoms with Crippen LogP contribution in [0.1, 0.15) is 32.1 Å². The molecule has 0 radical (unpaired) electrons. The Balaban J connectivity index is 1.49. The van der Waals surface area contributed by atoms with Crippen LogP contribution in [0.15, 0.2) is 41.9 Å². The van der Waals surface area contributed by atoms with E-state index in [9.17, 15) is 27.2 Å². The maximum Gasteiger partial charge on any atom is 0.419 e. The molecule has 0 bridgehead atoms. The molecular formula is C22H16ClF4N3O2S. The summed E-state index contributed by atoms with van der Waals surface area (Å²) in [6.07, 6.45) is -3.14. The van der Waals surface area contributed by atoms with E-state index in [1.54, 1.807) is 28.6 Å². The SMILES string of the molecule is O=C(Cc1ccc(C(F)(F)F)c(F)c1)Nc1c(Cl)ccc2c1CCN(C(=O)c1nccs1)C2. The van der Waals surface area contributed by atoms with Crippen molar-refractivity contribution in [2.24, 2.45) is 0 Å². The maximum absolute atomic E-state index is 13.8. The smallest absolute Gasteiger partial charge is 0.332 e. The molecule has 11 heteroatoms. The lowest BCUT2D eigenvalue weighted by Crippen LogP contribution is -2.36. The molecule has 0 atom stereocenters. The number of hydrogen-bond acceptors (Lipinski definition) is 4. The van der Waals surface area contributed by atoms with E-state index in [1.165, 1.54) is 11.3 Å². The van der Waals surface area contributed by atoms with Crippen LogP contribution in [0.5, 0.6) is 0 Å². The normalized spacial score (nSPS) is 13.5. The molecule has 2 heterocycles. The summed E-state index contributed by atoms with van der Waals surface area (Å²) in [5.41, 5.74) is 0.680. The Morgan fingerprint density at radius 1 is 1.21 bits per heavy atom. The number of amides is 2. The van der Waals surface area contributed by atoms with Gasteiger partial charge in [0.25, 0.3) is 5.91 Å². The van der Waals surface area contributed by atoms with Crippen molar-refractivity contribution in [3.05, 3.63) is 80.0 Å². The molecular weight excluding hydrogens is 482 g/mol. The third-order valence-electron chi connectivity index (χ3n) is 5.22. The molecule has 5 nitrogen and oxygen atoms in total. The van der Waals surface area contributed by atoms with Crippen LogP contribution >= 0.6 is 22.9 Å². The molecule has 3 aromatic rings. The van der Waals surface area contributed by atoms with E-state index < -0.39 is 23.5 Å². The molecule has 2 aromatic carbocycles. The fraction of sp³-hybridized carbons (Fsp3) is 0.227. The Kier molecular flexibility index (Phi) is 6.40. The molecule has 33 heavy (non-hydrogen) atoms. The van der Waals surface area contributed by atoms with Gasteiger partial charge >= 0.3 is 6.18 Å². The Morgan fingerprint density at radius 3 is 2.67 bits per heavy atom. The van der Waals surface area contributed by atoms with Crippen LogP contribution in [-0.4, -0.2) is 28.2 Å². The van der Waals surface area contributed by atoms with Crippen LogP contribution in [0.2, 0.25) is 5.02 Å². The first-order valence-corrected chi connectivity index (χ1v) is 11.0. The van der Waals surface area contributed by atoms with Gasteiger partial charge in [0, 0.05) is 24.7 Å². The zero-order chi connectivity index (χ0) is 23.8. The summed E-state index contributed by atoms with van der Waals surface area (Å²) in [6, 6.07) is 5.76. The Bertz CT molecular complexity index is 1220. The number of carbonyl (C=O) groups excluding carboxylic acids is 2. The van der Waals surface area contributed by atoms with E-state index in [1.807, 2.05) is 0 Å². The van der Waals surface area contributed by atoms with Gasteiger partial charge in [-0.15, -0.1) is 11.3 Å². The van der Waals surface area contributed by atoms with Gasteiger partial charge in [0.15, 0.2) is 5.01 Å². The number of hydrogen-bond donors (Lipinski definition) is 1. The second-order valence-electron chi connectivity index (χ2n) is 7.41. The number of halogens is 5. The van der Waals surface area contributed by atoms with Gasteiger partial charge in [0.2, 0.25) is 5.91 Å². The van der Waals surface area contributed by atoms with Gasteiger partial charge in [-0.05, 0) is 41.3 Å². The van der Waals surface area contributed by atoms with E-state index in [0.717, 1.165) is 17.2 Å². The Hall–Kier alpha value is -2.98. The summed E-state index contributed by atoms with van der Waals surface area (Å²) >= 11 is 7.55. The lowest BCUT2D eigenvalue weighted by atomic mass is 9.97. The lowest BCUT2D eigenvalue weighted by Gasteiger charge is -2.30. The predicted molar refractivity (Wildman–Crippen MR) is 116 cm³/mol. The molecule has 0 spiro atoms. The van der Waals surface area contributed by atoms with Crippen molar-refractivity contribution >= 4 is 40.4 Å². The van der Waals surface area contributed by atoms with Crippen molar-refractivity contribution in [3.63, 3.8) is 0 Å². The number of nitrogens with one attached hydrogen (secondary N) is 1. The third kappa shape index (κ3) is 5.01. The average molecular weight is 498 g/mol. The van der Waals surface area contributed by atoms with E-state index in [2.05, 4.69) is 10.3 Å². The van der Waals surface area contributed by atoms with Gasteiger partial charge in [-0.1, -0.05) is 23.7 Å². The summed E-state index contributed by atoms with van der Waals surface area (Å²) in [6.45, 7) is 0.719. The molecule has 0 fully saturated rings. The summed E-state index contributed by atoms with van der Waals surface area (Å²) in [4.78, 5) is 30.9. The van der Waals surface area contributed by atoms with E-state index in [-0.39, 0.29) is 17.9 Å². The summed E-state index contributed by atoms with van der Waals surface area (Å²) in [5, 5.41) is 5.10. The highest BCUT2D eigenvalue weighted by atomic mass is 35.5. The number of rotatable bonds is 4. The molecule has 1 aromatic heterocycles. The largest absolute Gasteiger partial charge is 0.419 e. The number of thiazole rings is 1. The molecule has 1 aliphatic heterocycles. The van der Waals surface area contributed by atoms with Gasteiger partial charge in [-0.2, -0.15) is 13.2 Å². The molecule has 172 valence electrons. The van der Waals surface area contributed by atoms with Crippen LogP contribution in [0.3, 0.4) is 0 Å². The second kappa shape index (κ2) is 9.11. The van der Waals surface area contributed by atoms with Crippen molar-refractivity contribution in [2.45, 2.75) is 25.6 Å². The average Bonchev–Trinajstić information content (AvgIpc) is 3.29. The highest BCUT2D eigenvalue weighted by Crippen LogP contribution is 2.34. The molecule has 2 amide bonds. The highest BCUT2D eigenvalue weighted by Gasteiger charge is 2.34. The number of alkyl halides is 3. The summed E-state index contributed by atoms with van der Waals surface area (Å²) < 4.78 is 52.0. The number of carbonyl (C=O) groups is 2. The number of fused-ring (bicyclic) bond motifs is 1. The fourth-order valence-corrected chi connectivity index (χ4v) is 4.49. The van der Waals surface area contributed by atoms with Gasteiger partial charge in [-0.3, -0.25) is 9.59 Å². The first-order valence-electron chi connectivity index (χ1n) is 9.78. The van der Waals surface area contributed by atoms with Gasteiger partial charge in [0.1, 0.15) is 5.82 Å². The van der Waals surface area contributed by atoms with Gasteiger partial charge < -0.3 is 10.2 Å². The minimum Gasteiger partial charge on any atom is -0.332 e. The first-order chi connectivity index (χ1) is 15.6. The fourth-order valence-electron chi connectivity index (χ4n) is 3.67. The Labute approximate surface area is 195 Å². The van der Waals surface area contributed by atoms with E-state index in [0.29, 0.717) is 47.4 Å². The molecule has 1 aliphatic rings. The van der Waals surface area contributed by atoms with Crippen molar-refractivity contribution in [1.29, 1.82) is 0 Å². The van der Waals surface area contributed by atoms with Crippen molar-refractivity contribution < 1.29 is 27.2 Å². The lowest BCUT2D eigenvalue weighted by molar-refractivity contribution is -0.140.